The number of aliphatic hydroxyl groups excluding tert-OH is 1. The standard InChI is InChI=1S/C9H14N2OS/c1-11(5-7-2-3-7)9-10-4-8(6-12)13-9/h4,7,12H,2-3,5-6H2,1H3. The first-order valence-corrected chi connectivity index (χ1v) is 5.38. The van der Waals surface area contributed by atoms with Crippen molar-refractivity contribution in [1.82, 2.24) is 4.98 Å². The molecule has 0 radical (unpaired) electrons. The Labute approximate surface area is 82.0 Å². The zero-order valence-electron chi connectivity index (χ0n) is 7.73. The van der Waals surface area contributed by atoms with Crippen LogP contribution in [0.4, 0.5) is 5.13 Å². The normalized spacial score (nSPS) is 16.2. The van der Waals surface area contributed by atoms with Gasteiger partial charge in [-0.2, -0.15) is 0 Å². The summed E-state index contributed by atoms with van der Waals surface area (Å²) in [6, 6.07) is 0. The Kier molecular flexibility index (Phi) is 2.51. The van der Waals surface area contributed by atoms with E-state index in [0.29, 0.717) is 0 Å². The van der Waals surface area contributed by atoms with Gasteiger partial charge in [-0.3, -0.25) is 0 Å². The van der Waals surface area contributed by atoms with Gasteiger partial charge >= 0.3 is 0 Å². The Hall–Kier alpha value is -0.610. The molecule has 13 heavy (non-hydrogen) atoms. The van der Waals surface area contributed by atoms with Crippen LogP contribution in [-0.2, 0) is 6.61 Å². The fraction of sp³-hybridized carbons (Fsp3) is 0.667. The molecule has 1 aliphatic rings. The Morgan fingerprint density at radius 1 is 1.69 bits per heavy atom. The summed E-state index contributed by atoms with van der Waals surface area (Å²) in [5.74, 6) is 0.881. The van der Waals surface area contributed by atoms with Crippen LogP contribution in [-0.4, -0.2) is 23.7 Å². The lowest BCUT2D eigenvalue weighted by Gasteiger charge is -2.14. The number of hydrogen-bond donors (Lipinski definition) is 1. The lowest BCUT2D eigenvalue weighted by molar-refractivity contribution is 0.285. The molecule has 1 saturated carbocycles. The number of hydrogen-bond acceptors (Lipinski definition) is 4. The number of aromatic nitrogens is 1. The third-order valence-corrected chi connectivity index (χ3v) is 3.35. The van der Waals surface area contributed by atoms with Gasteiger partial charge in [-0.05, 0) is 18.8 Å². The molecule has 1 aromatic rings. The van der Waals surface area contributed by atoms with Crippen LogP contribution < -0.4 is 4.90 Å². The molecule has 0 aromatic carbocycles. The minimum atomic E-state index is 0.106. The molecule has 1 aliphatic carbocycles. The van der Waals surface area contributed by atoms with E-state index in [1.807, 2.05) is 0 Å². The topological polar surface area (TPSA) is 36.4 Å². The zero-order valence-corrected chi connectivity index (χ0v) is 8.55. The van der Waals surface area contributed by atoms with Gasteiger partial charge in [-0.15, -0.1) is 0 Å². The minimum absolute atomic E-state index is 0.106. The van der Waals surface area contributed by atoms with Crippen LogP contribution >= 0.6 is 11.3 Å². The lowest BCUT2D eigenvalue weighted by atomic mass is 10.4. The molecule has 0 unspecified atom stereocenters. The van der Waals surface area contributed by atoms with Gasteiger partial charge in [-0.1, -0.05) is 11.3 Å². The van der Waals surface area contributed by atoms with Crippen molar-refractivity contribution in [3.63, 3.8) is 0 Å². The molecule has 0 atom stereocenters. The maximum absolute atomic E-state index is 8.88. The van der Waals surface area contributed by atoms with Crippen LogP contribution in [0.25, 0.3) is 0 Å². The smallest absolute Gasteiger partial charge is 0.185 e. The largest absolute Gasteiger partial charge is 0.391 e. The number of rotatable bonds is 4. The maximum Gasteiger partial charge on any atom is 0.185 e. The molecule has 1 heterocycles. The quantitative estimate of drug-likeness (QED) is 0.796. The highest BCUT2D eigenvalue weighted by Crippen LogP contribution is 2.31. The van der Waals surface area contributed by atoms with Crippen molar-refractivity contribution in [1.29, 1.82) is 0 Å². The zero-order chi connectivity index (χ0) is 9.26. The Morgan fingerprint density at radius 2 is 2.46 bits per heavy atom. The highest BCUT2D eigenvalue weighted by Gasteiger charge is 2.23. The average molecular weight is 198 g/mol. The van der Waals surface area contributed by atoms with Gasteiger partial charge in [0.2, 0.25) is 0 Å². The number of nitrogens with zero attached hydrogens (tertiary/aromatic N) is 2. The predicted molar refractivity (Wildman–Crippen MR) is 54.0 cm³/mol. The Morgan fingerprint density at radius 3 is 3.00 bits per heavy atom. The second-order valence-electron chi connectivity index (χ2n) is 3.59. The van der Waals surface area contributed by atoms with Crippen LogP contribution in [0.2, 0.25) is 0 Å². The minimum Gasteiger partial charge on any atom is -0.391 e. The summed E-state index contributed by atoms with van der Waals surface area (Å²) in [5.41, 5.74) is 0. The average Bonchev–Trinajstić information content (AvgIpc) is 2.82. The third-order valence-electron chi connectivity index (χ3n) is 2.25. The summed E-state index contributed by atoms with van der Waals surface area (Å²) in [4.78, 5) is 7.38. The van der Waals surface area contributed by atoms with Crippen molar-refractivity contribution in [2.24, 2.45) is 5.92 Å². The molecule has 0 bridgehead atoms. The van der Waals surface area contributed by atoms with Crippen LogP contribution in [0.3, 0.4) is 0 Å². The molecule has 0 spiro atoms. The van der Waals surface area contributed by atoms with Crippen molar-refractivity contribution in [2.75, 3.05) is 18.5 Å². The van der Waals surface area contributed by atoms with Crippen molar-refractivity contribution in [2.45, 2.75) is 19.4 Å². The molecular weight excluding hydrogens is 184 g/mol. The van der Waals surface area contributed by atoms with Crippen LogP contribution in [0.5, 0.6) is 0 Å². The van der Waals surface area contributed by atoms with Crippen molar-refractivity contribution >= 4 is 16.5 Å². The third kappa shape index (κ3) is 2.19. The van der Waals surface area contributed by atoms with Crippen molar-refractivity contribution < 1.29 is 5.11 Å². The molecule has 0 amide bonds. The molecule has 2 rings (SSSR count). The fourth-order valence-corrected chi connectivity index (χ4v) is 2.05. The second-order valence-corrected chi connectivity index (χ2v) is 4.68. The molecular formula is C9H14N2OS. The van der Waals surface area contributed by atoms with Gasteiger partial charge in [0.1, 0.15) is 0 Å². The molecule has 0 aliphatic heterocycles. The first kappa shape index (κ1) is 8.97. The van der Waals surface area contributed by atoms with E-state index in [2.05, 4.69) is 16.9 Å². The first-order chi connectivity index (χ1) is 6.29. The maximum atomic E-state index is 8.88. The summed E-state index contributed by atoms with van der Waals surface area (Å²) in [5, 5.41) is 9.90. The van der Waals surface area contributed by atoms with Gasteiger partial charge in [0.25, 0.3) is 0 Å². The highest BCUT2D eigenvalue weighted by atomic mass is 32.1. The summed E-state index contributed by atoms with van der Waals surface area (Å²) >= 11 is 1.58. The van der Waals surface area contributed by atoms with E-state index in [1.54, 1.807) is 17.5 Å². The fourth-order valence-electron chi connectivity index (χ4n) is 1.31. The monoisotopic (exact) mass is 198 g/mol. The van der Waals surface area contributed by atoms with E-state index in [1.165, 1.54) is 12.8 Å². The summed E-state index contributed by atoms with van der Waals surface area (Å²) < 4.78 is 0. The van der Waals surface area contributed by atoms with Gasteiger partial charge in [0.05, 0.1) is 11.5 Å². The molecule has 0 saturated heterocycles. The SMILES string of the molecule is CN(CC1CC1)c1ncc(CO)s1. The number of aliphatic hydroxyl groups is 1. The van der Waals surface area contributed by atoms with Crippen molar-refractivity contribution in [3.05, 3.63) is 11.1 Å². The molecule has 1 N–H and O–H groups in total. The molecule has 72 valence electrons. The van der Waals surface area contributed by atoms with Gasteiger partial charge in [0.15, 0.2) is 5.13 Å². The Bertz CT molecular complexity index is 283. The lowest BCUT2D eigenvalue weighted by Crippen LogP contribution is -2.19. The van der Waals surface area contributed by atoms with Crippen LogP contribution in [0.15, 0.2) is 6.20 Å². The molecule has 4 heteroatoms. The second kappa shape index (κ2) is 3.64. The van der Waals surface area contributed by atoms with Gasteiger partial charge < -0.3 is 10.0 Å². The van der Waals surface area contributed by atoms with Gasteiger partial charge in [0, 0.05) is 19.8 Å². The van der Waals surface area contributed by atoms with Crippen LogP contribution in [0.1, 0.15) is 17.7 Å². The summed E-state index contributed by atoms with van der Waals surface area (Å²) in [7, 11) is 2.07. The summed E-state index contributed by atoms with van der Waals surface area (Å²) in [6.07, 6.45) is 4.48. The number of anilines is 1. The van der Waals surface area contributed by atoms with Crippen LogP contribution in [0, 0.1) is 5.92 Å². The van der Waals surface area contributed by atoms with E-state index in [4.69, 9.17) is 5.11 Å². The predicted octanol–water partition coefficient (Wildman–Crippen LogP) is 1.48. The van der Waals surface area contributed by atoms with E-state index in [-0.39, 0.29) is 6.61 Å². The van der Waals surface area contributed by atoms with Gasteiger partial charge in [-0.25, -0.2) is 4.98 Å². The van der Waals surface area contributed by atoms with Crippen molar-refractivity contribution in [3.8, 4) is 0 Å². The molecule has 1 aromatic heterocycles. The van der Waals surface area contributed by atoms with E-state index in [0.717, 1.165) is 22.5 Å². The molecule has 1 fully saturated rings. The molecule has 3 nitrogen and oxygen atoms in total. The van der Waals surface area contributed by atoms with E-state index < -0.39 is 0 Å². The highest BCUT2D eigenvalue weighted by molar-refractivity contribution is 7.15. The number of thiazole rings is 1. The summed E-state index contributed by atoms with van der Waals surface area (Å²) in [6.45, 7) is 1.22. The van der Waals surface area contributed by atoms with E-state index in [9.17, 15) is 0 Å². The van der Waals surface area contributed by atoms with E-state index >= 15 is 0 Å². The Balaban J connectivity index is 1.96. The first-order valence-electron chi connectivity index (χ1n) is 4.56.